The van der Waals surface area contributed by atoms with Gasteiger partial charge in [0.25, 0.3) is 0 Å². The van der Waals surface area contributed by atoms with Crippen LogP contribution in [0.25, 0.3) is 0 Å². The molecule has 0 aliphatic carbocycles. The number of carbonyl (C=O) groups is 1. The molecule has 6 nitrogen and oxygen atoms in total. The highest BCUT2D eigenvalue weighted by Gasteiger charge is 2.29. The van der Waals surface area contributed by atoms with Crippen LogP contribution in [-0.2, 0) is 9.53 Å². The van der Waals surface area contributed by atoms with Gasteiger partial charge in [-0.25, -0.2) is 4.79 Å². The molecule has 0 amide bonds. The first-order valence-corrected chi connectivity index (χ1v) is 6.57. The van der Waals surface area contributed by atoms with Gasteiger partial charge in [0.2, 0.25) is 0 Å². The quantitative estimate of drug-likeness (QED) is 0.604. The number of nitrogens with zero attached hydrogens (tertiary/aromatic N) is 3. The number of hydrogen-bond donors (Lipinski definition) is 1. The van der Waals surface area contributed by atoms with Crippen LogP contribution in [-0.4, -0.2) is 19.3 Å². The summed E-state index contributed by atoms with van der Waals surface area (Å²) in [6, 6.07) is 5.39. The molecule has 0 fully saturated rings. The number of esters is 1. The lowest BCUT2D eigenvalue weighted by Crippen LogP contribution is -2.25. The van der Waals surface area contributed by atoms with Gasteiger partial charge in [0.15, 0.2) is 5.57 Å². The molecule has 0 spiro atoms. The largest absolute Gasteiger partial charge is 0.465 e. The molecular weight excluding hydrogens is 276 g/mol. The van der Waals surface area contributed by atoms with Crippen LogP contribution in [0.5, 0.6) is 0 Å². The summed E-state index contributed by atoms with van der Waals surface area (Å²) >= 11 is 1.18. The molecule has 100 valence electrons. The Morgan fingerprint density at radius 1 is 1.30 bits per heavy atom. The minimum absolute atomic E-state index is 0.0848. The summed E-state index contributed by atoms with van der Waals surface area (Å²) in [5.74, 6) is -0.582. The zero-order valence-corrected chi connectivity index (χ0v) is 11.9. The summed E-state index contributed by atoms with van der Waals surface area (Å²) in [7, 11) is 1.24. The van der Waals surface area contributed by atoms with Gasteiger partial charge in [-0.2, -0.15) is 15.8 Å². The van der Waals surface area contributed by atoms with E-state index in [1.807, 2.05) is 6.07 Å². The van der Waals surface area contributed by atoms with E-state index in [1.54, 1.807) is 25.3 Å². The standard InChI is InChI=1S/C13H10N4O2S/c1-7-10(13(18)19-2)12(20-3)9(6-16)11(17-7)8(4-14)5-15/h17H,1-3H3. The van der Waals surface area contributed by atoms with Crippen molar-refractivity contribution in [1.82, 2.24) is 5.32 Å². The van der Waals surface area contributed by atoms with Gasteiger partial charge < -0.3 is 10.1 Å². The van der Waals surface area contributed by atoms with Crippen LogP contribution in [0, 0.1) is 34.0 Å². The fourth-order valence-corrected chi connectivity index (χ4v) is 2.50. The van der Waals surface area contributed by atoms with Crippen molar-refractivity contribution in [2.24, 2.45) is 0 Å². The van der Waals surface area contributed by atoms with Gasteiger partial charge in [-0.05, 0) is 13.2 Å². The Hall–Kier alpha value is -2.69. The Morgan fingerprint density at radius 3 is 2.30 bits per heavy atom. The first-order chi connectivity index (χ1) is 9.55. The van der Waals surface area contributed by atoms with Gasteiger partial charge >= 0.3 is 5.97 Å². The molecule has 0 unspecified atom stereocenters. The molecular formula is C13H10N4O2S. The van der Waals surface area contributed by atoms with Gasteiger partial charge in [0.05, 0.1) is 24.0 Å². The molecule has 0 radical (unpaired) electrons. The Labute approximate surface area is 120 Å². The number of nitrogens with one attached hydrogen (secondary N) is 1. The summed E-state index contributed by atoms with van der Waals surface area (Å²) in [4.78, 5) is 12.2. The molecule has 0 aromatic carbocycles. The Bertz CT molecular complexity index is 665. The highest BCUT2D eigenvalue weighted by atomic mass is 32.2. The number of methoxy groups -OCH3 is 1. The Kier molecular flexibility index (Phi) is 4.97. The van der Waals surface area contributed by atoms with E-state index in [9.17, 15) is 10.1 Å². The third-order valence-corrected chi connectivity index (χ3v) is 3.39. The normalized spacial score (nSPS) is 13.9. The van der Waals surface area contributed by atoms with E-state index in [0.29, 0.717) is 10.6 Å². The van der Waals surface area contributed by atoms with Crippen LogP contribution in [0.1, 0.15) is 6.92 Å². The number of allylic oxidation sites excluding steroid dienone is 3. The molecule has 1 aliphatic heterocycles. The minimum atomic E-state index is -0.582. The maximum atomic E-state index is 11.8. The van der Waals surface area contributed by atoms with Crippen LogP contribution in [0.4, 0.5) is 0 Å². The molecule has 0 aromatic rings. The van der Waals surface area contributed by atoms with Crippen LogP contribution in [0.2, 0.25) is 0 Å². The molecule has 1 aliphatic rings. The number of thioether (sulfide) groups is 1. The van der Waals surface area contributed by atoms with Crippen molar-refractivity contribution in [1.29, 1.82) is 15.8 Å². The Morgan fingerprint density at radius 2 is 1.90 bits per heavy atom. The van der Waals surface area contributed by atoms with E-state index in [1.165, 1.54) is 18.9 Å². The van der Waals surface area contributed by atoms with Crippen LogP contribution < -0.4 is 5.32 Å². The second-order valence-corrected chi connectivity index (χ2v) is 4.43. The number of ether oxygens (including phenoxy) is 1. The van der Waals surface area contributed by atoms with Gasteiger partial charge in [-0.1, -0.05) is 0 Å². The number of nitriles is 3. The zero-order valence-electron chi connectivity index (χ0n) is 11.1. The monoisotopic (exact) mass is 286 g/mol. The van der Waals surface area contributed by atoms with E-state index in [4.69, 9.17) is 15.3 Å². The van der Waals surface area contributed by atoms with Crippen molar-refractivity contribution >= 4 is 17.7 Å². The first kappa shape index (κ1) is 15.4. The summed E-state index contributed by atoms with van der Waals surface area (Å²) < 4.78 is 4.69. The smallest absolute Gasteiger partial charge is 0.340 e. The molecule has 0 bridgehead atoms. The van der Waals surface area contributed by atoms with E-state index < -0.39 is 5.97 Å². The molecule has 0 atom stereocenters. The fourth-order valence-electron chi connectivity index (χ4n) is 1.70. The number of carbonyl (C=O) groups excluding carboxylic acids is 1. The molecule has 1 N–H and O–H groups in total. The third kappa shape index (κ3) is 2.51. The molecule has 20 heavy (non-hydrogen) atoms. The van der Waals surface area contributed by atoms with Crippen molar-refractivity contribution in [2.75, 3.05) is 13.4 Å². The van der Waals surface area contributed by atoms with Crippen LogP contribution in [0.15, 0.2) is 33.0 Å². The topological polar surface area (TPSA) is 110 Å². The maximum absolute atomic E-state index is 11.8. The minimum Gasteiger partial charge on any atom is -0.465 e. The molecule has 0 aromatic heterocycles. The number of hydrogen-bond acceptors (Lipinski definition) is 7. The van der Waals surface area contributed by atoms with Crippen molar-refractivity contribution in [2.45, 2.75) is 6.92 Å². The molecule has 0 saturated heterocycles. The van der Waals surface area contributed by atoms with Gasteiger partial charge in [0.1, 0.15) is 18.2 Å². The van der Waals surface area contributed by atoms with Crippen molar-refractivity contribution < 1.29 is 9.53 Å². The average Bonchev–Trinajstić information content (AvgIpc) is 2.46. The predicted molar refractivity (Wildman–Crippen MR) is 72.3 cm³/mol. The lowest BCUT2D eigenvalue weighted by atomic mass is 9.99. The lowest BCUT2D eigenvalue weighted by molar-refractivity contribution is -0.135. The van der Waals surface area contributed by atoms with E-state index in [-0.39, 0.29) is 22.4 Å². The average molecular weight is 286 g/mol. The highest BCUT2D eigenvalue weighted by Crippen LogP contribution is 2.35. The van der Waals surface area contributed by atoms with Crippen molar-refractivity contribution in [3.8, 4) is 18.2 Å². The van der Waals surface area contributed by atoms with Gasteiger partial charge in [-0.3, -0.25) is 0 Å². The molecule has 0 saturated carbocycles. The summed E-state index contributed by atoms with van der Waals surface area (Å²) in [6.07, 6.45) is 1.70. The van der Waals surface area contributed by atoms with E-state index >= 15 is 0 Å². The molecule has 1 rings (SSSR count). The van der Waals surface area contributed by atoms with E-state index in [2.05, 4.69) is 5.32 Å². The van der Waals surface area contributed by atoms with Crippen LogP contribution in [0.3, 0.4) is 0 Å². The van der Waals surface area contributed by atoms with Crippen LogP contribution >= 0.6 is 11.8 Å². The number of rotatable bonds is 2. The summed E-state index contributed by atoms with van der Waals surface area (Å²) in [6.45, 7) is 1.61. The first-order valence-electron chi connectivity index (χ1n) is 5.35. The van der Waals surface area contributed by atoms with Crippen molar-refractivity contribution in [3.63, 3.8) is 0 Å². The third-order valence-electron chi connectivity index (χ3n) is 2.57. The summed E-state index contributed by atoms with van der Waals surface area (Å²) in [5.41, 5.74) is 0.652. The van der Waals surface area contributed by atoms with E-state index in [0.717, 1.165) is 0 Å². The predicted octanol–water partition coefficient (Wildman–Crippen LogP) is 1.48. The fraction of sp³-hybridized carbons (Fsp3) is 0.231. The lowest BCUT2D eigenvalue weighted by Gasteiger charge is -2.23. The number of dihydropyridines is 1. The molecule has 1 heterocycles. The second kappa shape index (κ2) is 6.47. The maximum Gasteiger partial charge on any atom is 0.340 e. The summed E-state index contributed by atoms with van der Waals surface area (Å²) in [5, 5.41) is 29.9. The second-order valence-electron chi connectivity index (χ2n) is 3.61. The molecule has 7 heteroatoms. The zero-order chi connectivity index (χ0) is 15.3. The van der Waals surface area contributed by atoms with Gasteiger partial charge in [-0.15, -0.1) is 11.8 Å². The van der Waals surface area contributed by atoms with Gasteiger partial charge in [0, 0.05) is 10.6 Å². The highest BCUT2D eigenvalue weighted by molar-refractivity contribution is 8.02. The van der Waals surface area contributed by atoms with Crippen molar-refractivity contribution in [3.05, 3.63) is 33.0 Å². The Balaban J connectivity index is 3.69. The SMILES string of the molecule is COC(=O)C1=C(C)NC(=C(C#N)C#N)C(C#N)=C1SC.